The smallest absolute Gasteiger partial charge is 0.249 e. The van der Waals surface area contributed by atoms with Crippen LogP contribution in [0.5, 0.6) is 0 Å². The van der Waals surface area contributed by atoms with Gasteiger partial charge in [0.05, 0.1) is 18.8 Å². The van der Waals surface area contributed by atoms with Gasteiger partial charge < -0.3 is 25.7 Å². The Bertz CT molecular complexity index is 917. The van der Waals surface area contributed by atoms with E-state index in [0.29, 0.717) is 12.8 Å². The molecule has 6 heteroatoms. The molecule has 0 rings (SSSR count). The van der Waals surface area contributed by atoms with E-state index in [1.54, 1.807) is 0 Å². The fourth-order valence-electron chi connectivity index (χ4n) is 10.1. The van der Waals surface area contributed by atoms with Gasteiger partial charge in [0.25, 0.3) is 0 Å². The normalized spacial score (nSPS) is 13.6. The van der Waals surface area contributed by atoms with Crippen LogP contribution in [0.15, 0.2) is 0 Å². The van der Waals surface area contributed by atoms with Crippen LogP contribution in [0.25, 0.3) is 0 Å². The second-order valence-electron chi connectivity index (χ2n) is 21.4. The third-order valence-electron chi connectivity index (χ3n) is 14.8. The molecule has 0 heterocycles. The zero-order valence-electron chi connectivity index (χ0n) is 45.0. The number of amides is 1. The van der Waals surface area contributed by atoms with Gasteiger partial charge in [-0.15, -0.1) is 0 Å². The van der Waals surface area contributed by atoms with E-state index >= 15 is 0 Å². The van der Waals surface area contributed by atoms with Gasteiger partial charge in [0.15, 0.2) is 0 Å². The molecule has 6 nitrogen and oxygen atoms in total. The Morgan fingerprint density at radius 2 is 0.515 bits per heavy atom. The first-order chi connectivity index (χ1) is 32.5. The first-order valence-corrected chi connectivity index (χ1v) is 30.4. The number of rotatable bonds is 57. The third kappa shape index (κ3) is 48.3. The average Bonchev–Trinajstić information content (AvgIpc) is 3.32. The van der Waals surface area contributed by atoms with Crippen molar-refractivity contribution in [2.45, 2.75) is 372 Å². The highest BCUT2D eigenvalue weighted by molar-refractivity contribution is 5.80. The van der Waals surface area contributed by atoms with E-state index < -0.39 is 36.9 Å². The van der Waals surface area contributed by atoms with E-state index in [-0.39, 0.29) is 0 Å². The van der Waals surface area contributed by atoms with Gasteiger partial charge in [0.2, 0.25) is 5.91 Å². The summed E-state index contributed by atoms with van der Waals surface area (Å²) in [7, 11) is 0. The van der Waals surface area contributed by atoms with Gasteiger partial charge in [-0.1, -0.05) is 335 Å². The second kappa shape index (κ2) is 55.2. The average molecular weight is 937 g/mol. The largest absolute Gasteiger partial charge is 0.394 e. The molecule has 0 aliphatic carbocycles. The summed E-state index contributed by atoms with van der Waals surface area (Å²) in [4.78, 5) is 12.6. The molecule has 0 aliphatic rings. The minimum Gasteiger partial charge on any atom is -0.394 e. The van der Waals surface area contributed by atoms with Crippen molar-refractivity contribution in [2.24, 2.45) is 0 Å². The van der Waals surface area contributed by atoms with Crippen LogP contribution < -0.4 is 5.32 Å². The monoisotopic (exact) mass is 936 g/mol. The zero-order valence-corrected chi connectivity index (χ0v) is 45.0. The van der Waals surface area contributed by atoms with Crippen LogP contribution in [-0.2, 0) is 4.79 Å². The van der Waals surface area contributed by atoms with Crippen molar-refractivity contribution < 1.29 is 25.2 Å². The van der Waals surface area contributed by atoms with Gasteiger partial charge >= 0.3 is 0 Å². The minimum absolute atomic E-state index is 0.377. The fraction of sp³-hybridized carbons (Fsp3) is 0.983. The van der Waals surface area contributed by atoms with Crippen molar-refractivity contribution >= 4 is 5.91 Å². The summed E-state index contributed by atoms with van der Waals surface area (Å²) in [6, 6.07) is -0.981. The molecule has 0 aromatic heterocycles. The van der Waals surface area contributed by atoms with E-state index in [1.165, 1.54) is 283 Å². The van der Waals surface area contributed by atoms with Gasteiger partial charge in [0, 0.05) is 0 Å². The van der Waals surface area contributed by atoms with Crippen LogP contribution in [0.2, 0.25) is 0 Å². The van der Waals surface area contributed by atoms with Gasteiger partial charge in [-0.25, -0.2) is 0 Å². The lowest BCUT2D eigenvalue weighted by atomic mass is 9.99. The molecule has 1 amide bonds. The van der Waals surface area contributed by atoms with Crippen molar-refractivity contribution in [3.63, 3.8) is 0 Å². The SMILES string of the molecule is CCCCCCCCCCCCCCCCCCCCCCCCCCCCCCC(O)C(=O)NC(CO)C(O)C(O)CCCCCCCCCCCCCCCCCCCCCCCC. The van der Waals surface area contributed by atoms with Gasteiger partial charge in [-0.2, -0.15) is 0 Å². The quantitative estimate of drug-likeness (QED) is 0.0390. The number of unbranched alkanes of at least 4 members (excludes halogenated alkanes) is 48. The van der Waals surface area contributed by atoms with Crippen LogP contribution in [-0.4, -0.2) is 57.3 Å². The standard InChI is InChI=1S/C60H121NO5/c1-3-5-7-9-11-13-15-17-19-21-23-25-27-28-29-30-31-32-34-36-38-40-42-44-46-48-50-52-54-58(64)60(66)61-56(55-62)59(65)57(63)53-51-49-47-45-43-41-39-37-35-33-26-24-22-20-18-16-14-12-10-8-6-4-2/h56-59,62-65H,3-55H2,1-2H3,(H,61,66). The molecule has 396 valence electrons. The van der Waals surface area contributed by atoms with Gasteiger partial charge in [-0.3, -0.25) is 4.79 Å². The second-order valence-corrected chi connectivity index (χ2v) is 21.4. The number of carbonyl (C=O) groups is 1. The van der Waals surface area contributed by atoms with Crippen molar-refractivity contribution in [1.29, 1.82) is 0 Å². The first kappa shape index (κ1) is 65.3. The summed E-state index contributed by atoms with van der Waals surface area (Å²) in [5, 5.41) is 44.1. The molecule has 0 aromatic carbocycles. The maximum Gasteiger partial charge on any atom is 0.249 e. The summed E-state index contributed by atoms with van der Waals surface area (Å²) in [5.74, 6) is -0.574. The van der Waals surface area contributed by atoms with Crippen molar-refractivity contribution in [3.8, 4) is 0 Å². The molecule has 4 atom stereocenters. The topological polar surface area (TPSA) is 110 Å². The summed E-state index contributed by atoms with van der Waals surface area (Å²) < 4.78 is 0. The zero-order chi connectivity index (χ0) is 48.1. The van der Waals surface area contributed by atoms with Crippen LogP contribution >= 0.6 is 0 Å². The molecule has 0 saturated heterocycles. The molecule has 0 radical (unpaired) electrons. The van der Waals surface area contributed by atoms with Crippen molar-refractivity contribution in [2.75, 3.05) is 6.61 Å². The maximum absolute atomic E-state index is 12.6. The van der Waals surface area contributed by atoms with Gasteiger partial charge in [-0.05, 0) is 12.8 Å². The van der Waals surface area contributed by atoms with Gasteiger partial charge in [0.1, 0.15) is 12.2 Å². The number of hydrogen-bond acceptors (Lipinski definition) is 5. The highest BCUT2D eigenvalue weighted by atomic mass is 16.3. The minimum atomic E-state index is -1.26. The molecular weight excluding hydrogens is 815 g/mol. The fourth-order valence-corrected chi connectivity index (χ4v) is 10.1. The number of nitrogens with one attached hydrogen (secondary N) is 1. The highest BCUT2D eigenvalue weighted by Crippen LogP contribution is 2.19. The van der Waals surface area contributed by atoms with Crippen LogP contribution in [0.3, 0.4) is 0 Å². The number of aliphatic hydroxyl groups excluding tert-OH is 4. The molecule has 0 fully saturated rings. The highest BCUT2D eigenvalue weighted by Gasteiger charge is 2.28. The maximum atomic E-state index is 12.6. The lowest BCUT2D eigenvalue weighted by Crippen LogP contribution is -2.53. The van der Waals surface area contributed by atoms with Crippen molar-refractivity contribution in [1.82, 2.24) is 5.32 Å². The Kier molecular flexibility index (Phi) is 54.7. The Balaban J connectivity index is 3.55. The van der Waals surface area contributed by atoms with E-state index in [2.05, 4.69) is 19.2 Å². The molecule has 4 unspecified atom stereocenters. The van der Waals surface area contributed by atoms with E-state index in [9.17, 15) is 25.2 Å². The first-order valence-electron chi connectivity index (χ1n) is 30.4. The molecule has 0 bridgehead atoms. The Morgan fingerprint density at radius 1 is 0.318 bits per heavy atom. The third-order valence-corrected chi connectivity index (χ3v) is 14.8. The molecule has 5 N–H and O–H groups in total. The van der Waals surface area contributed by atoms with Crippen LogP contribution in [0, 0.1) is 0 Å². The summed E-state index contributed by atoms with van der Waals surface area (Å²) in [6.07, 6.45) is 64.7. The van der Waals surface area contributed by atoms with E-state index in [0.717, 1.165) is 38.5 Å². The lowest BCUT2D eigenvalue weighted by Gasteiger charge is -2.27. The summed E-state index contributed by atoms with van der Waals surface area (Å²) in [6.45, 7) is 4.11. The Labute approximate surface area is 413 Å². The Hall–Kier alpha value is -0.690. The number of hydrogen-bond donors (Lipinski definition) is 5. The molecule has 0 aromatic rings. The molecule has 0 aliphatic heterocycles. The predicted molar refractivity (Wildman–Crippen MR) is 288 cm³/mol. The Morgan fingerprint density at radius 3 is 0.727 bits per heavy atom. The lowest BCUT2D eigenvalue weighted by molar-refractivity contribution is -0.132. The van der Waals surface area contributed by atoms with Crippen LogP contribution in [0.1, 0.15) is 348 Å². The molecular formula is C60H121NO5. The predicted octanol–water partition coefficient (Wildman–Crippen LogP) is 17.9. The summed E-state index contributed by atoms with van der Waals surface area (Å²) in [5.41, 5.74) is 0. The van der Waals surface area contributed by atoms with Crippen LogP contribution in [0.4, 0.5) is 0 Å². The number of aliphatic hydroxyl groups is 4. The van der Waals surface area contributed by atoms with E-state index in [1.807, 2.05) is 0 Å². The molecule has 0 spiro atoms. The summed E-state index contributed by atoms with van der Waals surface area (Å²) >= 11 is 0. The van der Waals surface area contributed by atoms with Crippen molar-refractivity contribution in [3.05, 3.63) is 0 Å². The number of carbonyl (C=O) groups excluding carboxylic acids is 1. The van der Waals surface area contributed by atoms with E-state index in [4.69, 9.17) is 0 Å². The molecule has 0 saturated carbocycles. The molecule has 66 heavy (non-hydrogen) atoms.